The summed E-state index contributed by atoms with van der Waals surface area (Å²) in [6.45, 7) is 4.01. The van der Waals surface area contributed by atoms with Crippen LogP contribution in [-0.2, 0) is 15.9 Å². The highest BCUT2D eigenvalue weighted by molar-refractivity contribution is 9.10. The molecule has 1 aromatic carbocycles. The van der Waals surface area contributed by atoms with Crippen LogP contribution in [0.4, 0.5) is 0 Å². The summed E-state index contributed by atoms with van der Waals surface area (Å²) < 4.78 is 26.6. The second-order valence-corrected chi connectivity index (χ2v) is 6.89. The first-order chi connectivity index (χ1) is 7.84. The van der Waals surface area contributed by atoms with Gasteiger partial charge in [0.05, 0.1) is 4.90 Å². The van der Waals surface area contributed by atoms with E-state index in [0.717, 1.165) is 10.0 Å². The summed E-state index contributed by atoms with van der Waals surface area (Å²) in [4.78, 5) is 0.312. The number of hydrogen-bond donors (Lipinski definition) is 0. The van der Waals surface area contributed by atoms with E-state index in [9.17, 15) is 8.42 Å². The smallest absolute Gasteiger partial charge is 0.207 e. The van der Waals surface area contributed by atoms with Crippen molar-refractivity contribution < 1.29 is 8.42 Å². The van der Waals surface area contributed by atoms with Gasteiger partial charge < -0.3 is 0 Å². The van der Waals surface area contributed by atoms with Gasteiger partial charge in [-0.1, -0.05) is 22.9 Å². The van der Waals surface area contributed by atoms with Crippen LogP contribution >= 0.6 is 27.5 Å². The fraction of sp³-hybridized carbons (Fsp3) is 0.455. The number of sulfonamides is 1. The molecule has 0 amide bonds. The molecule has 0 aliphatic rings. The van der Waals surface area contributed by atoms with E-state index in [1.54, 1.807) is 27.0 Å². The van der Waals surface area contributed by atoms with Crippen LogP contribution in [0.25, 0.3) is 0 Å². The summed E-state index contributed by atoms with van der Waals surface area (Å²) in [5, 5.41) is 0. The molecule has 1 aromatic rings. The standard InChI is InChI=1S/C11H15BrClNO2S/c1-4-14(3)17(15,16)11-6-9(7-13)5-10(12)8(11)2/h5-6H,4,7H2,1-3H3. The Kier molecular flexibility index (Phi) is 5.01. The highest BCUT2D eigenvalue weighted by Crippen LogP contribution is 2.28. The zero-order chi connectivity index (χ0) is 13.2. The van der Waals surface area contributed by atoms with E-state index in [1.165, 1.54) is 4.31 Å². The molecule has 0 aromatic heterocycles. The molecule has 0 saturated carbocycles. The minimum absolute atomic E-state index is 0.289. The fourth-order valence-corrected chi connectivity index (χ4v) is 3.66. The molecule has 0 saturated heterocycles. The van der Waals surface area contributed by atoms with Gasteiger partial charge in [-0.3, -0.25) is 0 Å². The third kappa shape index (κ3) is 3.02. The second kappa shape index (κ2) is 5.69. The van der Waals surface area contributed by atoms with Crippen molar-refractivity contribution in [2.45, 2.75) is 24.6 Å². The quantitative estimate of drug-likeness (QED) is 0.790. The predicted molar refractivity (Wildman–Crippen MR) is 73.9 cm³/mol. The Labute approximate surface area is 116 Å². The van der Waals surface area contributed by atoms with Crippen LogP contribution in [-0.4, -0.2) is 26.3 Å². The minimum atomic E-state index is -3.43. The normalized spacial score (nSPS) is 12.1. The lowest BCUT2D eigenvalue weighted by Gasteiger charge is -2.18. The second-order valence-electron chi connectivity index (χ2n) is 3.75. The summed E-state index contributed by atoms with van der Waals surface area (Å²) in [5.74, 6) is 0.289. The van der Waals surface area contributed by atoms with Crippen molar-refractivity contribution in [2.75, 3.05) is 13.6 Å². The van der Waals surface area contributed by atoms with Crippen LogP contribution < -0.4 is 0 Å². The number of hydrogen-bond acceptors (Lipinski definition) is 2. The van der Waals surface area contributed by atoms with E-state index in [2.05, 4.69) is 15.9 Å². The van der Waals surface area contributed by atoms with Gasteiger partial charge in [0.1, 0.15) is 0 Å². The molecule has 3 nitrogen and oxygen atoms in total. The first kappa shape index (κ1) is 15.0. The van der Waals surface area contributed by atoms with Crippen molar-refractivity contribution in [2.24, 2.45) is 0 Å². The van der Waals surface area contributed by atoms with Crippen molar-refractivity contribution in [1.29, 1.82) is 0 Å². The van der Waals surface area contributed by atoms with Gasteiger partial charge in [-0.05, 0) is 30.2 Å². The summed E-state index contributed by atoms with van der Waals surface area (Å²) in [7, 11) is -1.86. The first-order valence-corrected chi connectivity index (χ1v) is 7.92. The maximum atomic E-state index is 12.3. The molecule has 0 unspecified atom stereocenters. The average molecular weight is 341 g/mol. The number of benzene rings is 1. The van der Waals surface area contributed by atoms with Gasteiger partial charge in [-0.25, -0.2) is 12.7 Å². The number of alkyl halides is 1. The van der Waals surface area contributed by atoms with Crippen molar-refractivity contribution in [3.05, 3.63) is 27.7 Å². The van der Waals surface area contributed by atoms with Crippen molar-refractivity contribution >= 4 is 37.6 Å². The van der Waals surface area contributed by atoms with Crippen LogP contribution in [0, 0.1) is 6.92 Å². The van der Waals surface area contributed by atoms with Crippen molar-refractivity contribution in [3.63, 3.8) is 0 Å². The predicted octanol–water partition coefficient (Wildman–Crippen LogP) is 3.14. The zero-order valence-corrected chi connectivity index (χ0v) is 13.2. The van der Waals surface area contributed by atoms with Crippen molar-refractivity contribution in [3.8, 4) is 0 Å². The Morgan fingerprint density at radius 1 is 1.41 bits per heavy atom. The summed E-state index contributed by atoms with van der Waals surface area (Å²) >= 11 is 9.12. The third-order valence-corrected chi connectivity index (χ3v) is 5.84. The Balaban J connectivity index is 3.45. The Morgan fingerprint density at radius 2 is 2.00 bits per heavy atom. The summed E-state index contributed by atoms with van der Waals surface area (Å²) in [6, 6.07) is 3.47. The van der Waals surface area contributed by atoms with E-state index in [4.69, 9.17) is 11.6 Å². The summed E-state index contributed by atoms with van der Waals surface area (Å²) in [5.41, 5.74) is 1.49. The molecule has 0 bridgehead atoms. The van der Waals surface area contributed by atoms with E-state index in [-0.39, 0.29) is 5.88 Å². The van der Waals surface area contributed by atoms with E-state index >= 15 is 0 Å². The minimum Gasteiger partial charge on any atom is -0.207 e. The fourth-order valence-electron chi connectivity index (χ4n) is 1.39. The number of rotatable bonds is 4. The maximum absolute atomic E-state index is 12.3. The summed E-state index contributed by atoms with van der Waals surface area (Å²) in [6.07, 6.45) is 0. The monoisotopic (exact) mass is 339 g/mol. The zero-order valence-electron chi connectivity index (χ0n) is 10.00. The number of nitrogens with zero attached hydrogens (tertiary/aromatic N) is 1. The molecule has 0 aliphatic carbocycles. The molecular formula is C11H15BrClNO2S. The first-order valence-electron chi connectivity index (χ1n) is 5.16. The largest absolute Gasteiger partial charge is 0.243 e. The lowest BCUT2D eigenvalue weighted by Crippen LogP contribution is -2.27. The molecule has 0 fully saturated rings. The molecule has 0 atom stereocenters. The van der Waals surface area contributed by atoms with Crippen molar-refractivity contribution in [1.82, 2.24) is 4.31 Å². The topological polar surface area (TPSA) is 37.4 Å². The lowest BCUT2D eigenvalue weighted by atomic mass is 10.2. The molecular weight excluding hydrogens is 326 g/mol. The lowest BCUT2D eigenvalue weighted by molar-refractivity contribution is 0.485. The van der Waals surface area contributed by atoms with Gasteiger partial charge in [0.2, 0.25) is 10.0 Å². The molecule has 0 N–H and O–H groups in total. The molecule has 17 heavy (non-hydrogen) atoms. The number of halogens is 2. The van der Waals surface area contributed by atoms with Gasteiger partial charge in [-0.15, -0.1) is 11.6 Å². The molecule has 1 rings (SSSR count). The average Bonchev–Trinajstić information content (AvgIpc) is 2.30. The molecule has 0 spiro atoms. The Bertz CT molecular complexity index is 516. The highest BCUT2D eigenvalue weighted by Gasteiger charge is 2.23. The van der Waals surface area contributed by atoms with Gasteiger partial charge in [0.25, 0.3) is 0 Å². The van der Waals surface area contributed by atoms with Crippen LogP contribution in [0.2, 0.25) is 0 Å². The molecule has 96 valence electrons. The van der Waals surface area contributed by atoms with Gasteiger partial charge in [-0.2, -0.15) is 0 Å². The van der Waals surface area contributed by atoms with E-state index < -0.39 is 10.0 Å². The van der Waals surface area contributed by atoms with Crippen LogP contribution in [0.15, 0.2) is 21.5 Å². The van der Waals surface area contributed by atoms with Gasteiger partial charge in [0.15, 0.2) is 0 Å². The third-order valence-electron chi connectivity index (χ3n) is 2.64. The Morgan fingerprint density at radius 3 is 2.47 bits per heavy atom. The van der Waals surface area contributed by atoms with Crippen LogP contribution in [0.1, 0.15) is 18.1 Å². The molecule has 6 heteroatoms. The highest BCUT2D eigenvalue weighted by atomic mass is 79.9. The molecule has 0 heterocycles. The SMILES string of the molecule is CCN(C)S(=O)(=O)c1cc(CCl)cc(Br)c1C. The van der Waals surface area contributed by atoms with Gasteiger partial charge >= 0.3 is 0 Å². The Hall–Kier alpha value is -0.100. The van der Waals surface area contributed by atoms with Gasteiger partial charge in [0, 0.05) is 23.9 Å². The van der Waals surface area contributed by atoms with Crippen LogP contribution in [0.3, 0.4) is 0 Å². The maximum Gasteiger partial charge on any atom is 0.243 e. The van der Waals surface area contributed by atoms with E-state index in [1.807, 2.05) is 6.07 Å². The van der Waals surface area contributed by atoms with E-state index in [0.29, 0.717) is 17.0 Å². The van der Waals surface area contributed by atoms with Crippen LogP contribution in [0.5, 0.6) is 0 Å². The molecule has 0 radical (unpaired) electrons. The molecule has 0 aliphatic heterocycles.